The molecule has 1 aliphatic heterocycles. The third kappa shape index (κ3) is 3.92. The largest absolute Gasteiger partial charge is 0.461 e. The zero-order valence-corrected chi connectivity index (χ0v) is 12.6. The SMILES string of the molecule is CCOC(=O)c1cc(Cc2cc(F)cc(F)c2)nn1C[C@H]1CO1. The van der Waals surface area contributed by atoms with Gasteiger partial charge in [-0.25, -0.2) is 13.6 Å². The fraction of sp³-hybridized carbons (Fsp3) is 0.375. The zero-order valence-electron chi connectivity index (χ0n) is 12.6. The molecule has 5 nitrogen and oxygen atoms in total. The van der Waals surface area contributed by atoms with Gasteiger partial charge in [0.05, 0.1) is 25.5 Å². The smallest absolute Gasteiger partial charge is 0.356 e. The first kappa shape index (κ1) is 15.6. The third-order valence-electron chi connectivity index (χ3n) is 3.40. The quantitative estimate of drug-likeness (QED) is 0.605. The van der Waals surface area contributed by atoms with E-state index in [4.69, 9.17) is 9.47 Å². The van der Waals surface area contributed by atoms with Crippen molar-refractivity contribution >= 4 is 5.97 Å². The normalized spacial score (nSPS) is 16.4. The van der Waals surface area contributed by atoms with Gasteiger partial charge in [-0.15, -0.1) is 0 Å². The molecule has 0 aliphatic carbocycles. The van der Waals surface area contributed by atoms with Crippen LogP contribution >= 0.6 is 0 Å². The summed E-state index contributed by atoms with van der Waals surface area (Å²) in [6.45, 7) is 3.06. The summed E-state index contributed by atoms with van der Waals surface area (Å²) in [5.74, 6) is -1.76. The number of nitrogens with zero attached hydrogens (tertiary/aromatic N) is 2. The number of carbonyl (C=O) groups excluding carboxylic acids is 1. The van der Waals surface area contributed by atoms with Crippen molar-refractivity contribution < 1.29 is 23.0 Å². The second-order valence-electron chi connectivity index (χ2n) is 5.33. The molecule has 0 saturated carbocycles. The molecule has 122 valence electrons. The lowest BCUT2D eigenvalue weighted by molar-refractivity contribution is 0.0511. The molecule has 23 heavy (non-hydrogen) atoms. The fourth-order valence-electron chi connectivity index (χ4n) is 2.35. The Labute approximate surface area is 131 Å². The lowest BCUT2D eigenvalue weighted by atomic mass is 10.1. The van der Waals surface area contributed by atoms with Gasteiger partial charge in [0.25, 0.3) is 0 Å². The third-order valence-corrected chi connectivity index (χ3v) is 3.40. The Hall–Kier alpha value is -2.28. The molecule has 1 aromatic carbocycles. The average molecular weight is 322 g/mol. The summed E-state index contributed by atoms with van der Waals surface area (Å²) in [5.41, 5.74) is 1.30. The van der Waals surface area contributed by atoms with Crippen LogP contribution in [0.15, 0.2) is 24.3 Å². The van der Waals surface area contributed by atoms with Crippen LogP contribution in [0.25, 0.3) is 0 Å². The van der Waals surface area contributed by atoms with E-state index >= 15 is 0 Å². The van der Waals surface area contributed by atoms with E-state index in [0.717, 1.165) is 6.07 Å². The van der Waals surface area contributed by atoms with Gasteiger partial charge in [-0.3, -0.25) is 4.68 Å². The van der Waals surface area contributed by atoms with Crippen molar-refractivity contribution in [3.05, 3.63) is 52.9 Å². The van der Waals surface area contributed by atoms with Crippen molar-refractivity contribution in [1.82, 2.24) is 9.78 Å². The number of epoxide rings is 1. The molecule has 2 heterocycles. The Bertz CT molecular complexity index is 706. The Balaban J connectivity index is 1.85. The molecule has 0 spiro atoms. The molecule has 2 aromatic rings. The maximum atomic E-state index is 13.3. The van der Waals surface area contributed by atoms with Gasteiger partial charge in [0.1, 0.15) is 23.4 Å². The summed E-state index contributed by atoms with van der Waals surface area (Å²) in [4.78, 5) is 12.0. The number of ether oxygens (including phenoxy) is 2. The minimum Gasteiger partial charge on any atom is -0.461 e. The van der Waals surface area contributed by atoms with Gasteiger partial charge in [0.2, 0.25) is 0 Å². The number of benzene rings is 1. The number of carbonyl (C=O) groups is 1. The first-order valence-corrected chi connectivity index (χ1v) is 7.35. The van der Waals surface area contributed by atoms with Crippen molar-refractivity contribution in [3.8, 4) is 0 Å². The molecule has 1 fully saturated rings. The van der Waals surface area contributed by atoms with Crippen molar-refractivity contribution in [2.45, 2.75) is 26.0 Å². The van der Waals surface area contributed by atoms with E-state index < -0.39 is 17.6 Å². The standard InChI is InChI=1S/C16H16F2N2O3/c1-2-22-16(21)15-7-13(19-20(15)8-14-9-23-14)5-10-3-11(17)6-12(18)4-10/h3-4,6-7,14H,2,5,8-9H2,1H3/t14-/m0/s1. The monoisotopic (exact) mass is 322 g/mol. The summed E-state index contributed by atoms with van der Waals surface area (Å²) in [6, 6.07) is 4.89. The molecule has 7 heteroatoms. The average Bonchev–Trinajstić information content (AvgIpc) is 3.18. The molecule has 0 unspecified atom stereocenters. The van der Waals surface area contributed by atoms with E-state index in [1.54, 1.807) is 13.0 Å². The lowest BCUT2D eigenvalue weighted by Gasteiger charge is -2.04. The Morgan fingerprint density at radius 1 is 1.35 bits per heavy atom. The van der Waals surface area contributed by atoms with E-state index in [1.165, 1.54) is 16.8 Å². The molecule has 1 atom stereocenters. The first-order chi connectivity index (χ1) is 11.0. The molecular weight excluding hydrogens is 306 g/mol. The summed E-state index contributed by atoms with van der Waals surface area (Å²) in [7, 11) is 0. The van der Waals surface area contributed by atoms with E-state index in [0.29, 0.717) is 30.1 Å². The van der Waals surface area contributed by atoms with Gasteiger partial charge in [-0.05, 0) is 30.7 Å². The highest BCUT2D eigenvalue weighted by molar-refractivity contribution is 5.87. The van der Waals surface area contributed by atoms with E-state index in [-0.39, 0.29) is 19.1 Å². The van der Waals surface area contributed by atoms with E-state index in [9.17, 15) is 13.6 Å². The first-order valence-electron chi connectivity index (χ1n) is 7.35. The Kier molecular flexibility index (Phi) is 4.38. The van der Waals surface area contributed by atoms with Gasteiger partial charge in [0.15, 0.2) is 0 Å². The second kappa shape index (κ2) is 6.45. The van der Waals surface area contributed by atoms with Crippen molar-refractivity contribution in [1.29, 1.82) is 0 Å². The van der Waals surface area contributed by atoms with Crippen LogP contribution in [0.1, 0.15) is 28.7 Å². The molecule has 0 radical (unpaired) electrons. The summed E-state index contributed by atoms with van der Waals surface area (Å²) >= 11 is 0. The molecular formula is C16H16F2N2O3. The number of hydrogen-bond donors (Lipinski definition) is 0. The van der Waals surface area contributed by atoms with Gasteiger partial charge in [0, 0.05) is 12.5 Å². The van der Waals surface area contributed by atoms with Crippen molar-refractivity contribution in [2.24, 2.45) is 0 Å². The highest BCUT2D eigenvalue weighted by atomic mass is 19.1. The second-order valence-corrected chi connectivity index (χ2v) is 5.33. The molecule has 1 aliphatic rings. The van der Waals surface area contributed by atoms with Crippen LogP contribution in [0.4, 0.5) is 8.78 Å². The maximum absolute atomic E-state index is 13.3. The number of halogens is 2. The topological polar surface area (TPSA) is 56.6 Å². The summed E-state index contributed by atoms with van der Waals surface area (Å²) in [6.07, 6.45) is 0.266. The van der Waals surface area contributed by atoms with Crippen LogP contribution in [0, 0.1) is 11.6 Å². The molecule has 1 saturated heterocycles. The van der Waals surface area contributed by atoms with Crippen molar-refractivity contribution in [3.63, 3.8) is 0 Å². The molecule has 0 amide bonds. The lowest BCUT2D eigenvalue weighted by Crippen LogP contribution is -2.15. The molecule has 1 aromatic heterocycles. The minimum absolute atomic E-state index is 0.0440. The highest BCUT2D eigenvalue weighted by Crippen LogP contribution is 2.17. The molecule has 3 rings (SSSR count). The number of hydrogen-bond acceptors (Lipinski definition) is 4. The van der Waals surface area contributed by atoms with Crippen LogP contribution in [0.5, 0.6) is 0 Å². The number of esters is 1. The molecule has 0 N–H and O–H groups in total. The van der Waals surface area contributed by atoms with Gasteiger partial charge in [-0.1, -0.05) is 0 Å². The van der Waals surface area contributed by atoms with Crippen LogP contribution in [-0.4, -0.2) is 35.1 Å². The van der Waals surface area contributed by atoms with Gasteiger partial charge >= 0.3 is 5.97 Å². The van der Waals surface area contributed by atoms with Crippen LogP contribution < -0.4 is 0 Å². The highest BCUT2D eigenvalue weighted by Gasteiger charge is 2.26. The Morgan fingerprint density at radius 3 is 2.65 bits per heavy atom. The predicted octanol–water partition coefficient (Wildman–Crippen LogP) is 2.33. The summed E-state index contributed by atoms with van der Waals surface area (Å²) < 4.78 is 38.2. The molecule has 0 bridgehead atoms. The van der Waals surface area contributed by atoms with Crippen molar-refractivity contribution in [2.75, 3.05) is 13.2 Å². The number of aromatic nitrogens is 2. The Morgan fingerprint density at radius 2 is 2.04 bits per heavy atom. The maximum Gasteiger partial charge on any atom is 0.356 e. The van der Waals surface area contributed by atoms with Crippen LogP contribution in [-0.2, 0) is 22.4 Å². The van der Waals surface area contributed by atoms with Gasteiger partial charge < -0.3 is 9.47 Å². The predicted molar refractivity (Wildman–Crippen MR) is 77.1 cm³/mol. The van der Waals surface area contributed by atoms with E-state index in [2.05, 4.69) is 5.10 Å². The fourth-order valence-corrected chi connectivity index (χ4v) is 2.35. The zero-order chi connectivity index (χ0) is 16.4. The minimum atomic E-state index is -0.642. The number of rotatable bonds is 6. The van der Waals surface area contributed by atoms with E-state index in [1.807, 2.05) is 0 Å². The van der Waals surface area contributed by atoms with Gasteiger partial charge in [-0.2, -0.15) is 5.10 Å². The summed E-state index contributed by atoms with van der Waals surface area (Å²) in [5, 5.41) is 4.34. The van der Waals surface area contributed by atoms with Crippen LogP contribution in [0.2, 0.25) is 0 Å². The van der Waals surface area contributed by atoms with Crippen LogP contribution in [0.3, 0.4) is 0 Å².